The molecule has 0 aliphatic rings. The number of aromatic nitrogens is 1. The Morgan fingerprint density at radius 3 is 2.76 bits per heavy atom. The Morgan fingerprint density at radius 2 is 2.18 bits per heavy atom. The summed E-state index contributed by atoms with van der Waals surface area (Å²) in [6.45, 7) is 4.68. The predicted molar refractivity (Wildman–Crippen MR) is 58.8 cm³/mol. The molecule has 0 saturated heterocycles. The molecule has 1 atom stereocenters. The lowest BCUT2D eigenvalue weighted by Crippen LogP contribution is -2.20. The minimum absolute atomic E-state index is 0.0728. The second kappa shape index (κ2) is 5.86. The highest BCUT2D eigenvalue weighted by molar-refractivity contribution is 5.38. The molecule has 1 N–H and O–H groups in total. The Morgan fingerprint density at radius 1 is 1.47 bits per heavy atom. The van der Waals surface area contributed by atoms with Crippen molar-refractivity contribution < 1.29 is 17.9 Å². The Kier molecular flexibility index (Phi) is 4.74. The molecule has 1 aromatic rings. The van der Waals surface area contributed by atoms with Crippen molar-refractivity contribution in [2.45, 2.75) is 26.1 Å². The van der Waals surface area contributed by atoms with Crippen LogP contribution in [0.15, 0.2) is 18.3 Å². The van der Waals surface area contributed by atoms with Crippen LogP contribution in [0.5, 0.6) is 0 Å². The molecular weight excluding hydrogens is 233 g/mol. The first-order chi connectivity index (χ1) is 7.93. The third-order valence-corrected chi connectivity index (χ3v) is 2.11. The van der Waals surface area contributed by atoms with Gasteiger partial charge >= 0.3 is 6.18 Å². The molecule has 0 amide bonds. The molecule has 3 nitrogen and oxygen atoms in total. The summed E-state index contributed by atoms with van der Waals surface area (Å²) in [6.07, 6.45) is -3.28. The quantitative estimate of drug-likeness (QED) is 0.869. The van der Waals surface area contributed by atoms with E-state index in [2.05, 4.69) is 10.3 Å². The van der Waals surface area contributed by atoms with Gasteiger partial charge in [-0.1, -0.05) is 0 Å². The fraction of sp³-hybridized carbons (Fsp3) is 0.545. The lowest BCUT2D eigenvalue weighted by Gasteiger charge is -2.14. The third-order valence-electron chi connectivity index (χ3n) is 2.11. The van der Waals surface area contributed by atoms with Gasteiger partial charge in [-0.05, 0) is 26.0 Å². The first kappa shape index (κ1) is 13.8. The highest BCUT2D eigenvalue weighted by Gasteiger charge is 2.30. The van der Waals surface area contributed by atoms with Crippen molar-refractivity contribution in [3.05, 3.63) is 23.9 Å². The smallest absolute Gasteiger partial charge is 0.377 e. The molecular formula is C11H15F3N2O. The van der Waals surface area contributed by atoms with Gasteiger partial charge in [0.25, 0.3) is 0 Å². The van der Waals surface area contributed by atoms with Gasteiger partial charge in [0, 0.05) is 19.3 Å². The summed E-state index contributed by atoms with van der Waals surface area (Å²) in [6, 6.07) is 1.93. The van der Waals surface area contributed by atoms with E-state index >= 15 is 0 Å². The van der Waals surface area contributed by atoms with Crippen molar-refractivity contribution in [1.29, 1.82) is 0 Å². The molecule has 96 valence electrons. The number of ether oxygens (including phenoxy) is 1. The van der Waals surface area contributed by atoms with Crippen LogP contribution in [0.4, 0.5) is 19.0 Å². The monoisotopic (exact) mass is 248 g/mol. The fourth-order valence-electron chi connectivity index (χ4n) is 1.30. The van der Waals surface area contributed by atoms with Gasteiger partial charge in [0.2, 0.25) is 0 Å². The highest BCUT2D eigenvalue weighted by Crippen LogP contribution is 2.29. The number of halogens is 3. The van der Waals surface area contributed by atoms with Gasteiger partial charge in [-0.3, -0.25) is 0 Å². The topological polar surface area (TPSA) is 34.1 Å². The van der Waals surface area contributed by atoms with Crippen LogP contribution in [0.2, 0.25) is 0 Å². The molecule has 6 heteroatoms. The van der Waals surface area contributed by atoms with Crippen LogP contribution >= 0.6 is 0 Å². The molecule has 0 aromatic carbocycles. The summed E-state index contributed by atoms with van der Waals surface area (Å²) in [5.74, 6) is 0.200. The summed E-state index contributed by atoms with van der Waals surface area (Å²) in [4.78, 5) is 3.82. The Bertz CT molecular complexity index is 355. The number of nitrogens with zero attached hydrogens (tertiary/aromatic N) is 1. The van der Waals surface area contributed by atoms with E-state index in [9.17, 15) is 13.2 Å². The molecule has 0 spiro atoms. The fourth-order valence-corrected chi connectivity index (χ4v) is 1.30. The van der Waals surface area contributed by atoms with Crippen LogP contribution in [0.3, 0.4) is 0 Å². The average Bonchev–Trinajstić information content (AvgIpc) is 2.26. The van der Waals surface area contributed by atoms with Crippen LogP contribution in [0.1, 0.15) is 19.4 Å². The highest BCUT2D eigenvalue weighted by atomic mass is 19.4. The molecule has 0 aliphatic carbocycles. The van der Waals surface area contributed by atoms with Crippen molar-refractivity contribution in [1.82, 2.24) is 4.98 Å². The average molecular weight is 248 g/mol. The van der Waals surface area contributed by atoms with E-state index in [1.807, 2.05) is 13.8 Å². The van der Waals surface area contributed by atoms with E-state index in [1.54, 1.807) is 0 Å². The van der Waals surface area contributed by atoms with E-state index in [1.165, 1.54) is 0 Å². The lowest BCUT2D eigenvalue weighted by atomic mass is 10.2. The molecule has 0 bridgehead atoms. The van der Waals surface area contributed by atoms with Crippen LogP contribution in [0, 0.1) is 0 Å². The molecule has 1 heterocycles. The zero-order chi connectivity index (χ0) is 12.9. The number of hydrogen-bond acceptors (Lipinski definition) is 3. The first-order valence-corrected chi connectivity index (χ1v) is 5.32. The Hall–Kier alpha value is -1.30. The molecule has 0 aliphatic heterocycles. The van der Waals surface area contributed by atoms with Gasteiger partial charge in [-0.2, -0.15) is 13.2 Å². The Labute approximate surface area is 98.0 Å². The van der Waals surface area contributed by atoms with Crippen LogP contribution in [-0.4, -0.2) is 24.2 Å². The Balaban J connectivity index is 2.60. The van der Waals surface area contributed by atoms with Gasteiger partial charge in [-0.25, -0.2) is 4.98 Å². The number of alkyl halides is 3. The predicted octanol–water partition coefficient (Wildman–Crippen LogP) is 2.94. The van der Waals surface area contributed by atoms with Crippen molar-refractivity contribution in [3.8, 4) is 0 Å². The molecule has 0 radical (unpaired) electrons. The van der Waals surface area contributed by atoms with E-state index in [0.29, 0.717) is 13.2 Å². The summed E-state index contributed by atoms with van der Waals surface area (Å²) >= 11 is 0. The normalized spacial score (nSPS) is 13.5. The van der Waals surface area contributed by atoms with Gasteiger partial charge in [0.15, 0.2) is 0 Å². The zero-order valence-corrected chi connectivity index (χ0v) is 9.71. The summed E-state index contributed by atoms with van der Waals surface area (Å²) in [7, 11) is 0. The maximum atomic E-state index is 12.4. The summed E-state index contributed by atoms with van der Waals surface area (Å²) < 4.78 is 42.5. The van der Waals surface area contributed by atoms with Gasteiger partial charge in [0.1, 0.15) is 5.82 Å². The van der Waals surface area contributed by atoms with Gasteiger partial charge < -0.3 is 10.1 Å². The summed E-state index contributed by atoms with van der Waals surface area (Å²) in [5.41, 5.74) is -0.709. The van der Waals surface area contributed by atoms with Crippen molar-refractivity contribution in [3.63, 3.8) is 0 Å². The van der Waals surface area contributed by atoms with Crippen molar-refractivity contribution in [2.75, 3.05) is 18.5 Å². The van der Waals surface area contributed by atoms with Crippen molar-refractivity contribution in [2.24, 2.45) is 0 Å². The van der Waals surface area contributed by atoms with E-state index in [-0.39, 0.29) is 11.9 Å². The number of pyridine rings is 1. The van der Waals surface area contributed by atoms with Crippen LogP contribution in [0.25, 0.3) is 0 Å². The third kappa shape index (κ3) is 4.60. The standard InChI is InChI=1S/C11H15F3N2O/c1-3-17-8(2)7-16-10-6-9(4-5-15-10)11(12,13)14/h4-6,8H,3,7H2,1-2H3,(H,15,16). The first-order valence-electron chi connectivity index (χ1n) is 5.32. The second-order valence-corrected chi connectivity index (χ2v) is 3.57. The largest absolute Gasteiger partial charge is 0.416 e. The molecule has 17 heavy (non-hydrogen) atoms. The molecule has 1 rings (SSSR count). The minimum atomic E-state index is -4.34. The SMILES string of the molecule is CCOC(C)CNc1cc(C(F)(F)F)ccn1. The second-order valence-electron chi connectivity index (χ2n) is 3.57. The summed E-state index contributed by atoms with van der Waals surface area (Å²) in [5, 5.41) is 2.81. The van der Waals surface area contributed by atoms with Crippen molar-refractivity contribution >= 4 is 5.82 Å². The lowest BCUT2D eigenvalue weighted by molar-refractivity contribution is -0.137. The number of hydrogen-bond donors (Lipinski definition) is 1. The molecule has 1 aromatic heterocycles. The number of anilines is 1. The van der Waals surface area contributed by atoms with E-state index in [0.717, 1.165) is 18.3 Å². The van der Waals surface area contributed by atoms with Gasteiger partial charge in [0.05, 0.1) is 11.7 Å². The molecule has 0 fully saturated rings. The zero-order valence-electron chi connectivity index (χ0n) is 9.71. The molecule has 0 saturated carbocycles. The maximum absolute atomic E-state index is 12.4. The van der Waals surface area contributed by atoms with E-state index in [4.69, 9.17) is 4.74 Å². The van der Waals surface area contributed by atoms with E-state index < -0.39 is 11.7 Å². The minimum Gasteiger partial charge on any atom is -0.377 e. The van der Waals surface area contributed by atoms with Gasteiger partial charge in [-0.15, -0.1) is 0 Å². The van der Waals surface area contributed by atoms with Crippen LogP contribution < -0.4 is 5.32 Å². The maximum Gasteiger partial charge on any atom is 0.416 e. The number of rotatable bonds is 5. The number of nitrogens with one attached hydrogen (secondary N) is 1. The molecule has 1 unspecified atom stereocenters. The van der Waals surface area contributed by atoms with Crippen LogP contribution in [-0.2, 0) is 10.9 Å².